The lowest BCUT2D eigenvalue weighted by molar-refractivity contribution is -0.121. The van der Waals surface area contributed by atoms with Crippen LogP contribution in [0.2, 0.25) is 0 Å². The molecule has 154 valence electrons. The molecule has 4 rings (SSSR count). The molecule has 8 nitrogen and oxygen atoms in total. The maximum atomic E-state index is 13.3. The summed E-state index contributed by atoms with van der Waals surface area (Å²) in [5.41, 5.74) is 0.850. The maximum absolute atomic E-state index is 13.3. The number of amides is 2. The lowest BCUT2D eigenvalue weighted by atomic mass is 9.93. The molecule has 1 atom stereocenters. The van der Waals surface area contributed by atoms with Gasteiger partial charge in [-0.3, -0.25) is 14.3 Å². The largest absolute Gasteiger partial charge is 0.484 e. The number of nitrogens with zero attached hydrogens (tertiary/aromatic N) is 3. The number of anilines is 1. The fraction of sp³-hybridized carbons (Fsp3) is 0.476. The van der Waals surface area contributed by atoms with Crippen molar-refractivity contribution in [3.8, 4) is 5.75 Å². The highest BCUT2D eigenvalue weighted by Gasteiger charge is 2.44. The number of fused-ring (bicyclic) bond motifs is 1. The molecule has 1 saturated heterocycles. The maximum Gasteiger partial charge on any atom is 0.258 e. The van der Waals surface area contributed by atoms with Gasteiger partial charge in [0.05, 0.1) is 25.3 Å². The van der Waals surface area contributed by atoms with Crippen molar-refractivity contribution in [1.82, 2.24) is 14.7 Å². The number of para-hydroxylation sites is 1. The molecule has 29 heavy (non-hydrogen) atoms. The van der Waals surface area contributed by atoms with Crippen LogP contribution in [0, 0.1) is 6.92 Å². The molecule has 2 aliphatic heterocycles. The number of nitrogens with one attached hydrogen (secondary N) is 1. The number of aryl methyl sites for hydroxylation is 2. The highest BCUT2D eigenvalue weighted by molar-refractivity contribution is 6.02. The Hall–Kier alpha value is -2.87. The second-order valence-electron chi connectivity index (χ2n) is 7.79. The minimum Gasteiger partial charge on any atom is -0.484 e. The first-order valence-electron chi connectivity index (χ1n) is 9.87. The summed E-state index contributed by atoms with van der Waals surface area (Å²) < 4.78 is 13.6. The predicted molar refractivity (Wildman–Crippen MR) is 107 cm³/mol. The number of carbonyl (C=O) groups is 2. The summed E-state index contributed by atoms with van der Waals surface area (Å²) in [5, 5.41) is 7.10. The van der Waals surface area contributed by atoms with Crippen LogP contribution in [0.25, 0.3) is 0 Å². The molecule has 2 amide bonds. The molecule has 1 N–H and O–H groups in total. The molecule has 3 heterocycles. The Kier molecular flexibility index (Phi) is 5.04. The number of hydrogen-bond donors (Lipinski definition) is 1. The summed E-state index contributed by atoms with van der Waals surface area (Å²) in [6.45, 7) is 5.12. The first-order valence-corrected chi connectivity index (χ1v) is 9.87. The minimum absolute atomic E-state index is 0.205. The smallest absolute Gasteiger partial charge is 0.258 e. The minimum atomic E-state index is -0.681. The molecule has 8 heteroatoms. The number of ether oxygens (including phenoxy) is 2. The van der Waals surface area contributed by atoms with Crippen LogP contribution in [0.3, 0.4) is 0 Å². The number of hydrogen-bond acceptors (Lipinski definition) is 5. The Morgan fingerprint density at radius 1 is 1.28 bits per heavy atom. The van der Waals surface area contributed by atoms with Crippen molar-refractivity contribution >= 4 is 17.6 Å². The standard InChI is InChI=1S/C21H26N4O4/c1-14-12-18(23-24(14)3)22-19(26)15(2)25-13-21(8-10-28-11-9-21)29-17-7-5-4-6-16(17)20(25)27/h4-7,12,15H,8-11,13H2,1-3H3,(H,22,23,26). The van der Waals surface area contributed by atoms with Gasteiger partial charge in [0.1, 0.15) is 17.4 Å². The van der Waals surface area contributed by atoms with Crippen molar-refractivity contribution in [1.29, 1.82) is 0 Å². The third kappa shape index (κ3) is 3.72. The van der Waals surface area contributed by atoms with Gasteiger partial charge >= 0.3 is 0 Å². The molecule has 2 aromatic rings. The molecule has 1 spiro atoms. The predicted octanol–water partition coefficient (Wildman–Crippen LogP) is 2.14. The highest BCUT2D eigenvalue weighted by atomic mass is 16.5. The van der Waals surface area contributed by atoms with E-state index in [2.05, 4.69) is 10.4 Å². The normalized spacial score (nSPS) is 19.3. The van der Waals surface area contributed by atoms with Crippen LogP contribution in [0.15, 0.2) is 30.3 Å². The highest BCUT2D eigenvalue weighted by Crippen LogP contribution is 2.35. The second-order valence-corrected chi connectivity index (χ2v) is 7.79. The number of carbonyl (C=O) groups excluding carboxylic acids is 2. The lowest BCUT2D eigenvalue weighted by Crippen LogP contribution is -2.55. The van der Waals surface area contributed by atoms with Crippen LogP contribution < -0.4 is 10.1 Å². The van der Waals surface area contributed by atoms with E-state index in [9.17, 15) is 9.59 Å². The second kappa shape index (κ2) is 7.51. The zero-order valence-corrected chi connectivity index (χ0v) is 17.0. The van der Waals surface area contributed by atoms with Crippen LogP contribution >= 0.6 is 0 Å². The number of benzene rings is 1. The van der Waals surface area contributed by atoms with Crippen molar-refractivity contribution in [3.63, 3.8) is 0 Å². The van der Waals surface area contributed by atoms with Gasteiger partial charge in [-0.1, -0.05) is 12.1 Å². The van der Waals surface area contributed by atoms with E-state index in [0.717, 1.165) is 5.69 Å². The van der Waals surface area contributed by atoms with E-state index in [-0.39, 0.29) is 11.8 Å². The molecule has 1 fully saturated rings. The van der Waals surface area contributed by atoms with Crippen LogP contribution in [-0.2, 0) is 16.6 Å². The van der Waals surface area contributed by atoms with Crippen LogP contribution in [0.5, 0.6) is 5.75 Å². The first-order chi connectivity index (χ1) is 13.9. The molecule has 1 aromatic heterocycles. The van der Waals surface area contributed by atoms with Crippen molar-refractivity contribution in [2.24, 2.45) is 7.05 Å². The Labute approximate surface area is 169 Å². The van der Waals surface area contributed by atoms with E-state index in [1.165, 1.54) is 0 Å². The topological polar surface area (TPSA) is 85.7 Å². The summed E-state index contributed by atoms with van der Waals surface area (Å²) in [7, 11) is 1.82. The molecule has 0 saturated carbocycles. The fourth-order valence-electron chi connectivity index (χ4n) is 3.85. The third-order valence-electron chi connectivity index (χ3n) is 5.78. The summed E-state index contributed by atoms with van der Waals surface area (Å²) in [4.78, 5) is 27.9. The quantitative estimate of drug-likeness (QED) is 0.856. The summed E-state index contributed by atoms with van der Waals surface area (Å²) >= 11 is 0. The van der Waals surface area contributed by atoms with Crippen LogP contribution in [0.4, 0.5) is 5.82 Å². The van der Waals surface area contributed by atoms with Crippen molar-refractivity contribution in [2.45, 2.75) is 38.3 Å². The molecule has 0 aliphatic carbocycles. The summed E-state index contributed by atoms with van der Waals surface area (Å²) in [5.74, 6) is 0.554. The molecule has 1 unspecified atom stereocenters. The van der Waals surface area contributed by atoms with E-state index < -0.39 is 11.6 Å². The molecular weight excluding hydrogens is 372 g/mol. The lowest BCUT2D eigenvalue weighted by Gasteiger charge is -2.40. The Morgan fingerprint density at radius 3 is 2.69 bits per heavy atom. The zero-order valence-electron chi connectivity index (χ0n) is 17.0. The summed E-state index contributed by atoms with van der Waals surface area (Å²) in [6.07, 6.45) is 1.33. The molecule has 1 aromatic carbocycles. The average Bonchev–Trinajstić information content (AvgIpc) is 2.96. The first kappa shape index (κ1) is 19.4. The van der Waals surface area contributed by atoms with Gasteiger partial charge in [-0.25, -0.2) is 0 Å². The van der Waals surface area contributed by atoms with Crippen LogP contribution in [-0.4, -0.2) is 57.9 Å². The van der Waals surface area contributed by atoms with E-state index >= 15 is 0 Å². The van der Waals surface area contributed by atoms with Gasteiger partial charge in [-0.05, 0) is 26.0 Å². The van der Waals surface area contributed by atoms with E-state index in [4.69, 9.17) is 9.47 Å². The summed E-state index contributed by atoms with van der Waals surface area (Å²) in [6, 6.07) is 8.34. The SMILES string of the molecule is Cc1cc(NC(=O)C(C)N2CC3(CCOCC3)Oc3ccccc3C2=O)nn1C. The van der Waals surface area contributed by atoms with E-state index in [1.54, 1.807) is 28.6 Å². The van der Waals surface area contributed by atoms with E-state index in [0.29, 0.717) is 49.7 Å². The van der Waals surface area contributed by atoms with Gasteiger partial charge in [0.2, 0.25) is 5.91 Å². The molecule has 0 bridgehead atoms. The van der Waals surface area contributed by atoms with Crippen molar-refractivity contribution in [3.05, 3.63) is 41.6 Å². The Balaban J connectivity index is 1.63. The van der Waals surface area contributed by atoms with Gasteiger partial charge in [-0.15, -0.1) is 0 Å². The zero-order chi connectivity index (χ0) is 20.6. The molecule has 2 aliphatic rings. The molecular formula is C21H26N4O4. The van der Waals surface area contributed by atoms with Gasteiger partial charge in [-0.2, -0.15) is 5.10 Å². The van der Waals surface area contributed by atoms with Gasteiger partial charge in [0.25, 0.3) is 5.91 Å². The average molecular weight is 398 g/mol. The number of rotatable bonds is 3. The fourth-order valence-corrected chi connectivity index (χ4v) is 3.85. The number of aromatic nitrogens is 2. The third-order valence-corrected chi connectivity index (χ3v) is 5.78. The monoisotopic (exact) mass is 398 g/mol. The van der Waals surface area contributed by atoms with Gasteiger partial charge in [0, 0.05) is 31.6 Å². The Bertz CT molecular complexity index is 913. The van der Waals surface area contributed by atoms with Crippen LogP contribution in [0.1, 0.15) is 35.8 Å². The molecule has 0 radical (unpaired) electrons. The van der Waals surface area contributed by atoms with E-state index in [1.807, 2.05) is 32.2 Å². The van der Waals surface area contributed by atoms with Gasteiger partial charge in [0.15, 0.2) is 5.82 Å². The Morgan fingerprint density at radius 2 is 2.00 bits per heavy atom. The van der Waals surface area contributed by atoms with Crippen molar-refractivity contribution < 1.29 is 19.1 Å². The van der Waals surface area contributed by atoms with Crippen molar-refractivity contribution in [2.75, 3.05) is 25.1 Å². The van der Waals surface area contributed by atoms with Gasteiger partial charge < -0.3 is 19.7 Å².